The number of carbonyl (C=O) groups is 1. The molecule has 6 nitrogen and oxygen atoms in total. The van der Waals surface area contributed by atoms with Crippen molar-refractivity contribution >= 4 is 23.2 Å². The van der Waals surface area contributed by atoms with E-state index in [9.17, 15) is 4.79 Å². The van der Waals surface area contributed by atoms with E-state index in [1.165, 1.54) is 5.56 Å². The van der Waals surface area contributed by atoms with Crippen molar-refractivity contribution in [3.63, 3.8) is 0 Å². The first kappa shape index (κ1) is 18.9. The molecule has 2 heterocycles. The molecule has 0 N–H and O–H groups in total. The maximum Gasteiger partial charge on any atom is 0.219 e. The summed E-state index contributed by atoms with van der Waals surface area (Å²) in [7, 11) is 0. The van der Waals surface area contributed by atoms with Crippen LogP contribution in [0.3, 0.4) is 0 Å². The molecule has 0 aliphatic carbocycles. The Morgan fingerprint density at radius 1 is 0.931 bits per heavy atom. The normalized spacial score (nSPS) is 14.0. The highest BCUT2D eigenvalue weighted by molar-refractivity contribution is 5.73. The first-order valence-electron chi connectivity index (χ1n) is 9.90. The van der Waals surface area contributed by atoms with Crippen LogP contribution in [0.2, 0.25) is 0 Å². The van der Waals surface area contributed by atoms with E-state index in [0.717, 1.165) is 50.0 Å². The van der Waals surface area contributed by atoms with E-state index in [1.54, 1.807) is 13.3 Å². The number of hydrogen-bond acceptors (Lipinski definition) is 5. The fourth-order valence-corrected chi connectivity index (χ4v) is 3.59. The van der Waals surface area contributed by atoms with Crippen LogP contribution in [-0.4, -0.2) is 47.0 Å². The topological polar surface area (TPSA) is 52.6 Å². The van der Waals surface area contributed by atoms with Crippen molar-refractivity contribution in [2.75, 3.05) is 36.0 Å². The number of amides is 1. The number of aromatic nitrogens is 2. The maximum absolute atomic E-state index is 11.6. The lowest BCUT2D eigenvalue weighted by Crippen LogP contribution is -2.48. The molecule has 1 fully saturated rings. The Bertz CT molecular complexity index is 940. The Kier molecular flexibility index (Phi) is 5.70. The molecule has 0 unspecified atom stereocenters. The zero-order chi connectivity index (χ0) is 20.1. The summed E-state index contributed by atoms with van der Waals surface area (Å²) >= 11 is 0. The van der Waals surface area contributed by atoms with Crippen molar-refractivity contribution in [2.24, 2.45) is 0 Å². The molecule has 1 saturated heterocycles. The molecular formula is C23H25N5O. The number of para-hydroxylation sites is 1. The minimum absolute atomic E-state index is 0.131. The van der Waals surface area contributed by atoms with Gasteiger partial charge in [-0.05, 0) is 17.7 Å². The van der Waals surface area contributed by atoms with Crippen molar-refractivity contribution in [2.45, 2.75) is 13.5 Å². The zero-order valence-corrected chi connectivity index (χ0v) is 16.6. The van der Waals surface area contributed by atoms with E-state index in [1.807, 2.05) is 35.2 Å². The van der Waals surface area contributed by atoms with E-state index < -0.39 is 0 Å². The quantitative estimate of drug-likeness (QED) is 0.671. The highest BCUT2D eigenvalue weighted by Crippen LogP contribution is 2.28. The Labute approximate surface area is 171 Å². The lowest BCUT2D eigenvalue weighted by atomic mass is 10.2. The van der Waals surface area contributed by atoms with E-state index in [2.05, 4.69) is 56.2 Å². The number of hydrogen-bond donors (Lipinski definition) is 0. The molecule has 3 aromatic rings. The second-order valence-electron chi connectivity index (χ2n) is 7.13. The fourth-order valence-electron chi connectivity index (χ4n) is 3.59. The standard InChI is InChI=1S/C23H25N5O/c1-19(29)26-12-14-27(15-13-26)22-16-23(25-18-24-22)28(21-10-6-3-7-11-21)17-20-8-4-2-5-9-20/h2-11,16,18H,12-15,17H2,1H3. The largest absolute Gasteiger partial charge is 0.353 e. The highest BCUT2D eigenvalue weighted by atomic mass is 16.2. The van der Waals surface area contributed by atoms with Gasteiger partial charge in [-0.2, -0.15) is 0 Å². The molecule has 1 amide bonds. The van der Waals surface area contributed by atoms with Gasteiger partial charge in [0.15, 0.2) is 0 Å². The minimum atomic E-state index is 0.131. The van der Waals surface area contributed by atoms with Crippen molar-refractivity contribution in [3.8, 4) is 0 Å². The molecule has 148 valence electrons. The van der Waals surface area contributed by atoms with Crippen molar-refractivity contribution in [1.29, 1.82) is 0 Å². The van der Waals surface area contributed by atoms with Gasteiger partial charge in [-0.25, -0.2) is 9.97 Å². The van der Waals surface area contributed by atoms with Gasteiger partial charge < -0.3 is 14.7 Å². The number of rotatable bonds is 5. The lowest BCUT2D eigenvalue weighted by Gasteiger charge is -2.35. The molecule has 0 saturated carbocycles. The summed E-state index contributed by atoms with van der Waals surface area (Å²) in [6.07, 6.45) is 1.63. The molecule has 2 aromatic carbocycles. The van der Waals surface area contributed by atoms with Crippen LogP contribution in [-0.2, 0) is 11.3 Å². The number of carbonyl (C=O) groups excluding carboxylic acids is 1. The zero-order valence-electron chi connectivity index (χ0n) is 16.6. The average molecular weight is 387 g/mol. The van der Waals surface area contributed by atoms with E-state index in [4.69, 9.17) is 0 Å². The first-order valence-corrected chi connectivity index (χ1v) is 9.90. The number of piperazine rings is 1. The van der Waals surface area contributed by atoms with Gasteiger partial charge in [0, 0.05) is 51.4 Å². The summed E-state index contributed by atoms with van der Waals surface area (Å²) in [5.41, 5.74) is 2.30. The fraction of sp³-hybridized carbons (Fsp3) is 0.261. The Hall–Kier alpha value is -3.41. The van der Waals surface area contributed by atoms with Crippen LogP contribution in [0.25, 0.3) is 0 Å². The lowest BCUT2D eigenvalue weighted by molar-refractivity contribution is -0.129. The van der Waals surface area contributed by atoms with Gasteiger partial charge in [0.25, 0.3) is 0 Å². The van der Waals surface area contributed by atoms with Gasteiger partial charge in [-0.3, -0.25) is 4.79 Å². The summed E-state index contributed by atoms with van der Waals surface area (Å²) in [5, 5.41) is 0. The smallest absolute Gasteiger partial charge is 0.219 e. The summed E-state index contributed by atoms with van der Waals surface area (Å²) in [6.45, 7) is 5.35. The van der Waals surface area contributed by atoms with Crippen LogP contribution >= 0.6 is 0 Å². The summed E-state index contributed by atoms with van der Waals surface area (Å²) < 4.78 is 0. The van der Waals surface area contributed by atoms with E-state index >= 15 is 0 Å². The Morgan fingerprint density at radius 3 is 2.24 bits per heavy atom. The molecule has 1 aromatic heterocycles. The van der Waals surface area contributed by atoms with Crippen LogP contribution < -0.4 is 9.80 Å². The van der Waals surface area contributed by atoms with Crippen molar-refractivity contribution in [1.82, 2.24) is 14.9 Å². The number of anilines is 3. The molecule has 6 heteroatoms. The third-order valence-corrected chi connectivity index (χ3v) is 5.22. The third kappa shape index (κ3) is 4.54. The molecule has 1 aliphatic rings. The third-order valence-electron chi connectivity index (χ3n) is 5.22. The molecule has 0 radical (unpaired) electrons. The van der Waals surface area contributed by atoms with Crippen LogP contribution in [0, 0.1) is 0 Å². The monoisotopic (exact) mass is 387 g/mol. The van der Waals surface area contributed by atoms with E-state index in [0.29, 0.717) is 0 Å². The molecule has 0 spiro atoms. The second-order valence-corrected chi connectivity index (χ2v) is 7.13. The van der Waals surface area contributed by atoms with E-state index in [-0.39, 0.29) is 5.91 Å². The van der Waals surface area contributed by atoms with Crippen LogP contribution in [0.4, 0.5) is 17.3 Å². The molecule has 4 rings (SSSR count). The second kappa shape index (κ2) is 8.73. The predicted molar refractivity (Wildman–Crippen MR) is 115 cm³/mol. The van der Waals surface area contributed by atoms with Crippen LogP contribution in [0.15, 0.2) is 73.1 Å². The van der Waals surface area contributed by atoms with Crippen LogP contribution in [0.1, 0.15) is 12.5 Å². The summed E-state index contributed by atoms with van der Waals surface area (Å²) in [6, 6.07) is 22.7. The molecular weight excluding hydrogens is 362 g/mol. The molecule has 0 bridgehead atoms. The highest BCUT2D eigenvalue weighted by Gasteiger charge is 2.21. The predicted octanol–water partition coefficient (Wildman–Crippen LogP) is 3.48. The summed E-state index contributed by atoms with van der Waals surface area (Å²) in [5.74, 6) is 1.89. The minimum Gasteiger partial charge on any atom is -0.353 e. The number of benzene rings is 2. The van der Waals surface area contributed by atoms with Crippen molar-refractivity contribution in [3.05, 3.63) is 78.6 Å². The van der Waals surface area contributed by atoms with Gasteiger partial charge >= 0.3 is 0 Å². The van der Waals surface area contributed by atoms with Gasteiger partial charge in [0.1, 0.15) is 18.0 Å². The van der Waals surface area contributed by atoms with Gasteiger partial charge in [-0.15, -0.1) is 0 Å². The van der Waals surface area contributed by atoms with Gasteiger partial charge in [0.2, 0.25) is 5.91 Å². The average Bonchev–Trinajstić information content (AvgIpc) is 2.79. The molecule has 29 heavy (non-hydrogen) atoms. The SMILES string of the molecule is CC(=O)N1CCN(c2cc(N(Cc3ccccc3)c3ccccc3)ncn2)CC1. The van der Waals surface area contributed by atoms with Crippen molar-refractivity contribution < 1.29 is 4.79 Å². The summed E-state index contributed by atoms with van der Waals surface area (Å²) in [4.78, 5) is 27.0. The van der Waals surface area contributed by atoms with Gasteiger partial charge in [0.05, 0.1) is 0 Å². The molecule has 1 aliphatic heterocycles. The Balaban J connectivity index is 1.60. The molecule has 0 atom stereocenters. The van der Waals surface area contributed by atoms with Crippen LogP contribution in [0.5, 0.6) is 0 Å². The van der Waals surface area contributed by atoms with Gasteiger partial charge in [-0.1, -0.05) is 48.5 Å². The maximum atomic E-state index is 11.6. The number of nitrogens with zero attached hydrogens (tertiary/aromatic N) is 5. The Morgan fingerprint density at radius 2 is 1.59 bits per heavy atom. The first-order chi connectivity index (χ1) is 14.2.